The molecular weight excluding hydrogens is 204 g/mol. The largest absolute Gasteiger partial charge is 0.430 e. The molecule has 1 atom stereocenters. The molecule has 94 valence electrons. The van der Waals surface area contributed by atoms with E-state index in [9.17, 15) is 9.90 Å². The highest BCUT2D eigenvalue weighted by molar-refractivity contribution is 5.81. The van der Waals surface area contributed by atoms with E-state index in [1.54, 1.807) is 0 Å². The van der Waals surface area contributed by atoms with Crippen molar-refractivity contribution in [3.05, 3.63) is 12.7 Å². The molecule has 3 heteroatoms. The second kappa shape index (κ2) is 8.34. The summed E-state index contributed by atoms with van der Waals surface area (Å²) >= 11 is 0. The van der Waals surface area contributed by atoms with E-state index >= 15 is 0 Å². The third kappa shape index (κ3) is 8.48. The van der Waals surface area contributed by atoms with Crippen LogP contribution in [0.5, 0.6) is 0 Å². The van der Waals surface area contributed by atoms with Crippen molar-refractivity contribution in [3.63, 3.8) is 0 Å². The molecule has 16 heavy (non-hydrogen) atoms. The number of carbonyl (C=O) groups excluding carboxylic acids is 1. The van der Waals surface area contributed by atoms with Gasteiger partial charge in [0.25, 0.3) is 0 Å². The fourth-order valence-electron chi connectivity index (χ4n) is 1.54. The first-order chi connectivity index (χ1) is 7.52. The second-order valence-electron chi connectivity index (χ2n) is 4.32. The maximum Gasteiger partial charge on any atom is 0.332 e. The van der Waals surface area contributed by atoms with Crippen LogP contribution in [0.15, 0.2) is 12.7 Å². The van der Waals surface area contributed by atoms with Crippen LogP contribution >= 0.6 is 0 Å². The lowest BCUT2D eigenvalue weighted by atomic mass is 10.1. The normalized spacial score (nSPS) is 14.2. The van der Waals surface area contributed by atoms with Gasteiger partial charge < -0.3 is 9.84 Å². The summed E-state index contributed by atoms with van der Waals surface area (Å²) in [7, 11) is 0. The Labute approximate surface area is 98.5 Å². The Kier molecular flexibility index (Phi) is 7.90. The molecule has 0 aliphatic heterocycles. The lowest BCUT2D eigenvalue weighted by Crippen LogP contribution is -2.30. The SMILES string of the molecule is C=CC(=O)OC(C)(O)CCCCCCCC. The summed E-state index contributed by atoms with van der Waals surface area (Å²) in [6.07, 6.45) is 8.41. The zero-order chi connectivity index (χ0) is 12.4. The van der Waals surface area contributed by atoms with Gasteiger partial charge in [-0.05, 0) is 6.42 Å². The Morgan fingerprint density at radius 1 is 1.31 bits per heavy atom. The summed E-state index contributed by atoms with van der Waals surface area (Å²) in [5.41, 5.74) is 0. The van der Waals surface area contributed by atoms with Crippen LogP contribution < -0.4 is 0 Å². The van der Waals surface area contributed by atoms with Gasteiger partial charge in [0.05, 0.1) is 0 Å². The number of aliphatic hydroxyl groups is 1. The quantitative estimate of drug-likeness (QED) is 0.285. The number of unbranched alkanes of at least 4 members (excludes halogenated alkanes) is 5. The maximum absolute atomic E-state index is 10.9. The average Bonchev–Trinajstić information content (AvgIpc) is 2.22. The number of esters is 1. The summed E-state index contributed by atoms with van der Waals surface area (Å²) in [6, 6.07) is 0. The molecule has 1 unspecified atom stereocenters. The number of hydrogen-bond acceptors (Lipinski definition) is 3. The summed E-state index contributed by atoms with van der Waals surface area (Å²) in [4.78, 5) is 10.9. The fourth-order valence-corrected chi connectivity index (χ4v) is 1.54. The van der Waals surface area contributed by atoms with Gasteiger partial charge in [-0.2, -0.15) is 0 Å². The second-order valence-corrected chi connectivity index (χ2v) is 4.32. The Hall–Kier alpha value is -0.830. The first kappa shape index (κ1) is 15.2. The van der Waals surface area contributed by atoms with Crippen molar-refractivity contribution in [2.24, 2.45) is 0 Å². The Bertz CT molecular complexity index is 209. The fraction of sp³-hybridized carbons (Fsp3) is 0.769. The summed E-state index contributed by atoms with van der Waals surface area (Å²) in [5.74, 6) is -1.92. The molecule has 3 nitrogen and oxygen atoms in total. The standard InChI is InChI=1S/C13H24O3/c1-4-6-7-8-9-10-11-13(3,15)16-12(14)5-2/h5,15H,2,4,6-11H2,1,3H3. The van der Waals surface area contributed by atoms with E-state index in [-0.39, 0.29) is 0 Å². The minimum atomic E-state index is -1.35. The zero-order valence-electron chi connectivity index (χ0n) is 10.5. The van der Waals surface area contributed by atoms with E-state index in [0.717, 1.165) is 18.9 Å². The third-order valence-electron chi connectivity index (χ3n) is 2.48. The average molecular weight is 228 g/mol. The molecule has 0 radical (unpaired) electrons. The smallest absolute Gasteiger partial charge is 0.332 e. The first-order valence-corrected chi connectivity index (χ1v) is 6.09. The number of hydrogen-bond donors (Lipinski definition) is 1. The highest BCUT2D eigenvalue weighted by atomic mass is 16.7. The van der Waals surface area contributed by atoms with Gasteiger partial charge in [-0.3, -0.25) is 0 Å². The van der Waals surface area contributed by atoms with E-state index in [2.05, 4.69) is 13.5 Å². The van der Waals surface area contributed by atoms with Gasteiger partial charge in [-0.15, -0.1) is 0 Å². The van der Waals surface area contributed by atoms with E-state index in [4.69, 9.17) is 4.74 Å². The van der Waals surface area contributed by atoms with Crippen molar-refractivity contribution < 1.29 is 14.6 Å². The van der Waals surface area contributed by atoms with E-state index < -0.39 is 11.8 Å². The molecule has 0 aliphatic rings. The van der Waals surface area contributed by atoms with Crippen LogP contribution in [0, 0.1) is 0 Å². The maximum atomic E-state index is 10.9. The predicted octanol–water partition coefficient (Wildman–Crippen LogP) is 3.17. The Morgan fingerprint density at radius 3 is 2.44 bits per heavy atom. The van der Waals surface area contributed by atoms with Gasteiger partial charge in [-0.1, -0.05) is 45.6 Å². The van der Waals surface area contributed by atoms with Gasteiger partial charge in [0.2, 0.25) is 5.79 Å². The molecule has 0 spiro atoms. The molecule has 0 fully saturated rings. The molecule has 0 saturated carbocycles. The zero-order valence-corrected chi connectivity index (χ0v) is 10.5. The lowest BCUT2D eigenvalue weighted by Gasteiger charge is -2.22. The van der Waals surface area contributed by atoms with Gasteiger partial charge in [0, 0.05) is 19.4 Å². The minimum Gasteiger partial charge on any atom is -0.430 e. The van der Waals surface area contributed by atoms with Crippen LogP contribution in [-0.2, 0) is 9.53 Å². The van der Waals surface area contributed by atoms with Crippen molar-refractivity contribution in [1.29, 1.82) is 0 Å². The number of carbonyl (C=O) groups is 1. The Balaban J connectivity index is 3.57. The van der Waals surface area contributed by atoms with E-state index in [1.165, 1.54) is 32.6 Å². The van der Waals surface area contributed by atoms with Gasteiger partial charge >= 0.3 is 5.97 Å². The third-order valence-corrected chi connectivity index (χ3v) is 2.48. The van der Waals surface area contributed by atoms with Crippen molar-refractivity contribution in [2.45, 2.75) is 64.6 Å². The number of ether oxygens (including phenoxy) is 1. The lowest BCUT2D eigenvalue weighted by molar-refractivity contribution is -0.199. The molecule has 0 aliphatic carbocycles. The summed E-state index contributed by atoms with van der Waals surface area (Å²) in [6.45, 7) is 6.98. The van der Waals surface area contributed by atoms with Crippen LogP contribution in [0.2, 0.25) is 0 Å². The van der Waals surface area contributed by atoms with E-state index in [0.29, 0.717) is 6.42 Å². The van der Waals surface area contributed by atoms with Crippen LogP contribution in [-0.4, -0.2) is 16.9 Å². The molecule has 0 rings (SSSR count). The minimum absolute atomic E-state index is 0.485. The van der Waals surface area contributed by atoms with Crippen molar-refractivity contribution in [1.82, 2.24) is 0 Å². The highest BCUT2D eigenvalue weighted by Gasteiger charge is 2.23. The van der Waals surface area contributed by atoms with Gasteiger partial charge in [0.1, 0.15) is 0 Å². The van der Waals surface area contributed by atoms with Crippen molar-refractivity contribution >= 4 is 5.97 Å². The first-order valence-electron chi connectivity index (χ1n) is 6.09. The number of rotatable bonds is 9. The van der Waals surface area contributed by atoms with Crippen LogP contribution in [0.1, 0.15) is 58.8 Å². The van der Waals surface area contributed by atoms with E-state index in [1.807, 2.05) is 0 Å². The molecule has 0 aromatic rings. The molecule has 0 amide bonds. The highest BCUT2D eigenvalue weighted by Crippen LogP contribution is 2.17. The monoisotopic (exact) mass is 228 g/mol. The molecule has 0 aromatic heterocycles. The molecule has 0 saturated heterocycles. The predicted molar refractivity (Wildman–Crippen MR) is 64.9 cm³/mol. The Morgan fingerprint density at radius 2 is 1.88 bits per heavy atom. The summed E-state index contributed by atoms with van der Waals surface area (Å²) in [5, 5.41) is 9.73. The van der Waals surface area contributed by atoms with Gasteiger partial charge in [-0.25, -0.2) is 4.79 Å². The molecular formula is C13H24O3. The molecule has 0 heterocycles. The van der Waals surface area contributed by atoms with Crippen LogP contribution in [0.3, 0.4) is 0 Å². The molecule has 0 bridgehead atoms. The summed E-state index contributed by atoms with van der Waals surface area (Å²) < 4.78 is 4.81. The van der Waals surface area contributed by atoms with Gasteiger partial charge in [0.15, 0.2) is 0 Å². The topological polar surface area (TPSA) is 46.5 Å². The van der Waals surface area contributed by atoms with Crippen molar-refractivity contribution in [3.8, 4) is 0 Å². The van der Waals surface area contributed by atoms with Crippen LogP contribution in [0.25, 0.3) is 0 Å². The van der Waals surface area contributed by atoms with Crippen molar-refractivity contribution in [2.75, 3.05) is 0 Å². The molecule has 1 N–H and O–H groups in total. The molecule has 0 aromatic carbocycles. The van der Waals surface area contributed by atoms with Crippen LogP contribution in [0.4, 0.5) is 0 Å².